The molecule has 0 atom stereocenters. The predicted octanol–water partition coefficient (Wildman–Crippen LogP) is 4.92. The van der Waals surface area contributed by atoms with Gasteiger partial charge >= 0.3 is 0 Å². The number of halogens is 1. The van der Waals surface area contributed by atoms with Crippen molar-refractivity contribution in [3.05, 3.63) is 77.9 Å². The van der Waals surface area contributed by atoms with E-state index in [1.165, 1.54) is 29.7 Å². The van der Waals surface area contributed by atoms with Crippen molar-refractivity contribution in [2.75, 3.05) is 28.6 Å². The molecule has 0 bridgehead atoms. The first-order valence-electron chi connectivity index (χ1n) is 11.5. The molecule has 0 saturated carbocycles. The molecule has 2 N–H and O–H groups in total. The molecule has 1 fully saturated rings. The lowest BCUT2D eigenvalue weighted by Gasteiger charge is -2.17. The third kappa shape index (κ3) is 5.13. The molecule has 2 aromatic heterocycles. The van der Waals surface area contributed by atoms with Gasteiger partial charge in [0.15, 0.2) is 0 Å². The Hall–Kier alpha value is -4.27. The Morgan fingerprint density at radius 3 is 2.34 bits per heavy atom. The maximum atomic E-state index is 13.2. The number of carbonyl (C=O) groups is 1. The lowest BCUT2D eigenvalue weighted by atomic mass is 10.1. The topological polar surface area (TPSA) is 88.0 Å². The number of carbonyl (C=O) groups excluding carboxylic acids is 1. The van der Waals surface area contributed by atoms with Crippen molar-refractivity contribution in [3.63, 3.8) is 0 Å². The number of benzene rings is 2. The van der Waals surface area contributed by atoms with Crippen LogP contribution in [0.25, 0.3) is 11.3 Å². The van der Waals surface area contributed by atoms with Crippen molar-refractivity contribution in [3.8, 4) is 11.3 Å². The smallest absolute Gasteiger partial charge is 0.273 e. The zero-order valence-corrected chi connectivity index (χ0v) is 19.6. The van der Waals surface area contributed by atoms with E-state index in [2.05, 4.69) is 30.6 Å². The van der Waals surface area contributed by atoms with E-state index in [-0.39, 0.29) is 11.7 Å². The molecule has 5 rings (SSSR count). The van der Waals surface area contributed by atoms with Gasteiger partial charge in [0, 0.05) is 48.8 Å². The summed E-state index contributed by atoms with van der Waals surface area (Å²) in [5.74, 6) is 0.891. The number of hydrogen-bond acceptors (Lipinski definition) is 6. The molecule has 1 amide bonds. The van der Waals surface area contributed by atoms with Crippen LogP contribution in [-0.4, -0.2) is 38.7 Å². The molecule has 1 aliphatic rings. The molecule has 178 valence electrons. The minimum atomic E-state index is -0.317. The molecular weight excluding hydrogens is 445 g/mol. The Labute approximate surface area is 202 Å². The van der Waals surface area contributed by atoms with Crippen molar-refractivity contribution in [2.24, 2.45) is 7.05 Å². The fourth-order valence-electron chi connectivity index (χ4n) is 4.10. The molecule has 3 heterocycles. The number of aromatic nitrogens is 4. The Bertz CT molecular complexity index is 1340. The Morgan fingerprint density at radius 1 is 0.943 bits per heavy atom. The summed E-state index contributed by atoms with van der Waals surface area (Å²) in [6, 6.07) is 17.0. The molecule has 1 saturated heterocycles. The molecular formula is C26H26FN7O. The van der Waals surface area contributed by atoms with E-state index in [9.17, 15) is 9.18 Å². The highest BCUT2D eigenvalue weighted by atomic mass is 19.1. The monoisotopic (exact) mass is 471 g/mol. The molecule has 1 aliphatic heterocycles. The normalized spacial score (nSPS) is 13.2. The van der Waals surface area contributed by atoms with Crippen LogP contribution in [0.5, 0.6) is 0 Å². The molecule has 35 heavy (non-hydrogen) atoms. The van der Waals surface area contributed by atoms with Gasteiger partial charge in [0.2, 0.25) is 5.95 Å². The molecule has 9 heteroatoms. The molecule has 0 unspecified atom stereocenters. The first-order valence-corrected chi connectivity index (χ1v) is 11.5. The van der Waals surface area contributed by atoms with E-state index in [0.717, 1.165) is 41.8 Å². The Balaban J connectivity index is 1.26. The summed E-state index contributed by atoms with van der Waals surface area (Å²) in [5, 5.41) is 10.6. The third-order valence-corrected chi connectivity index (χ3v) is 5.90. The second-order valence-electron chi connectivity index (χ2n) is 8.59. The maximum absolute atomic E-state index is 13.2. The fraction of sp³-hybridized carbons (Fsp3) is 0.231. The van der Waals surface area contributed by atoms with Crippen molar-refractivity contribution in [1.29, 1.82) is 0 Å². The van der Waals surface area contributed by atoms with Gasteiger partial charge in [-0.15, -0.1) is 0 Å². The van der Waals surface area contributed by atoms with Gasteiger partial charge in [-0.25, -0.2) is 9.37 Å². The van der Waals surface area contributed by atoms with E-state index in [0.29, 0.717) is 17.1 Å². The van der Waals surface area contributed by atoms with Crippen LogP contribution < -0.4 is 15.5 Å². The number of aryl methyl sites for hydroxylation is 2. The zero-order valence-electron chi connectivity index (χ0n) is 19.6. The minimum Gasteiger partial charge on any atom is -0.341 e. The third-order valence-electron chi connectivity index (χ3n) is 5.90. The highest BCUT2D eigenvalue weighted by Crippen LogP contribution is 2.23. The average Bonchev–Trinajstić information content (AvgIpc) is 3.51. The summed E-state index contributed by atoms with van der Waals surface area (Å²) in [5.41, 5.74) is 4.16. The van der Waals surface area contributed by atoms with Crippen molar-refractivity contribution in [1.82, 2.24) is 19.7 Å². The number of nitrogens with one attached hydrogen (secondary N) is 2. The number of rotatable bonds is 6. The van der Waals surface area contributed by atoms with Gasteiger partial charge in [-0.05, 0) is 74.4 Å². The summed E-state index contributed by atoms with van der Waals surface area (Å²) in [4.78, 5) is 24.3. The van der Waals surface area contributed by atoms with E-state index in [1.54, 1.807) is 25.2 Å². The van der Waals surface area contributed by atoms with Gasteiger partial charge in [0.05, 0.1) is 5.69 Å². The van der Waals surface area contributed by atoms with E-state index in [1.807, 2.05) is 37.3 Å². The number of nitrogens with zero attached hydrogens (tertiary/aromatic N) is 5. The minimum absolute atomic E-state index is 0.282. The molecule has 2 aromatic carbocycles. The molecule has 0 aliphatic carbocycles. The van der Waals surface area contributed by atoms with Gasteiger partial charge < -0.3 is 15.5 Å². The van der Waals surface area contributed by atoms with E-state index in [4.69, 9.17) is 0 Å². The van der Waals surface area contributed by atoms with E-state index >= 15 is 0 Å². The lowest BCUT2D eigenvalue weighted by molar-refractivity contribution is 0.101. The van der Waals surface area contributed by atoms with Crippen LogP contribution in [0.1, 0.15) is 29.0 Å². The first-order chi connectivity index (χ1) is 16.9. The van der Waals surface area contributed by atoms with Gasteiger partial charge in [0.1, 0.15) is 17.3 Å². The molecule has 0 spiro atoms. The standard InChI is InChI=1S/C26H26FN7O/c1-17-15-24(31-26(28-17)34-13-3-4-14-34)29-20-9-11-21(12-10-20)30-25(35)23-16-22(32-33(23)2)18-5-7-19(27)8-6-18/h5-12,15-16H,3-4,13-14H2,1-2H3,(H,30,35)(H,28,29,31). The first kappa shape index (κ1) is 22.5. The molecule has 8 nitrogen and oxygen atoms in total. The zero-order chi connectivity index (χ0) is 24.4. The van der Waals surface area contributed by atoms with Crippen LogP contribution in [0, 0.1) is 12.7 Å². The Kier molecular flexibility index (Phi) is 6.13. The van der Waals surface area contributed by atoms with Crippen molar-refractivity contribution >= 4 is 29.0 Å². The van der Waals surface area contributed by atoms with Crippen LogP contribution in [-0.2, 0) is 7.05 Å². The summed E-state index contributed by atoms with van der Waals surface area (Å²) in [6.07, 6.45) is 2.33. The molecule has 4 aromatic rings. The lowest BCUT2D eigenvalue weighted by Crippen LogP contribution is -2.21. The highest BCUT2D eigenvalue weighted by molar-refractivity contribution is 6.03. The van der Waals surface area contributed by atoms with Crippen LogP contribution in [0.4, 0.5) is 27.5 Å². The fourth-order valence-corrected chi connectivity index (χ4v) is 4.10. The summed E-state index contributed by atoms with van der Waals surface area (Å²) < 4.78 is 14.7. The number of anilines is 4. The van der Waals surface area contributed by atoms with Crippen LogP contribution in [0.15, 0.2) is 60.7 Å². The van der Waals surface area contributed by atoms with Gasteiger partial charge in [0.25, 0.3) is 5.91 Å². The van der Waals surface area contributed by atoms with Gasteiger partial charge in [-0.1, -0.05) is 0 Å². The summed E-state index contributed by atoms with van der Waals surface area (Å²) in [7, 11) is 1.70. The number of hydrogen-bond donors (Lipinski definition) is 2. The SMILES string of the molecule is Cc1cc(Nc2ccc(NC(=O)c3cc(-c4ccc(F)cc4)nn3C)cc2)nc(N2CCCC2)n1. The second-order valence-corrected chi connectivity index (χ2v) is 8.59. The predicted molar refractivity (Wildman–Crippen MR) is 134 cm³/mol. The molecule has 0 radical (unpaired) electrons. The Morgan fingerprint density at radius 2 is 1.63 bits per heavy atom. The average molecular weight is 472 g/mol. The van der Waals surface area contributed by atoms with Gasteiger partial charge in [-0.3, -0.25) is 9.48 Å². The largest absolute Gasteiger partial charge is 0.341 e. The van der Waals surface area contributed by atoms with Crippen molar-refractivity contribution < 1.29 is 9.18 Å². The second kappa shape index (κ2) is 9.54. The van der Waals surface area contributed by atoms with E-state index < -0.39 is 0 Å². The highest BCUT2D eigenvalue weighted by Gasteiger charge is 2.17. The van der Waals surface area contributed by atoms with Gasteiger partial charge in [-0.2, -0.15) is 10.1 Å². The maximum Gasteiger partial charge on any atom is 0.273 e. The summed E-state index contributed by atoms with van der Waals surface area (Å²) >= 11 is 0. The van der Waals surface area contributed by atoms with Crippen molar-refractivity contribution in [2.45, 2.75) is 19.8 Å². The quantitative estimate of drug-likeness (QED) is 0.415. The number of amides is 1. The summed E-state index contributed by atoms with van der Waals surface area (Å²) in [6.45, 7) is 3.93. The van der Waals surface area contributed by atoms with Crippen LogP contribution in [0.3, 0.4) is 0 Å². The van der Waals surface area contributed by atoms with Crippen LogP contribution >= 0.6 is 0 Å². The van der Waals surface area contributed by atoms with Crippen LogP contribution in [0.2, 0.25) is 0 Å².